The van der Waals surface area contributed by atoms with E-state index in [0.717, 1.165) is 11.3 Å². The molecule has 4 nitrogen and oxygen atoms in total. The summed E-state index contributed by atoms with van der Waals surface area (Å²) in [4.78, 5) is 8.56. The van der Waals surface area contributed by atoms with Crippen LogP contribution in [0.2, 0.25) is 0 Å². The van der Waals surface area contributed by atoms with Crippen LogP contribution in [0, 0.1) is 5.82 Å². The normalized spacial score (nSPS) is 10.3. The zero-order valence-corrected chi connectivity index (χ0v) is 14.5. The van der Waals surface area contributed by atoms with Gasteiger partial charge in [0.15, 0.2) is 0 Å². The van der Waals surface area contributed by atoms with E-state index < -0.39 is 0 Å². The van der Waals surface area contributed by atoms with Gasteiger partial charge < -0.3 is 10.1 Å². The maximum atomic E-state index is 14.1. The fourth-order valence-electron chi connectivity index (χ4n) is 2.31. The van der Waals surface area contributed by atoms with E-state index in [9.17, 15) is 4.39 Å². The Morgan fingerprint density at radius 2 is 1.88 bits per heavy atom. The highest BCUT2D eigenvalue weighted by molar-refractivity contribution is 6.16. The molecule has 1 heterocycles. The number of methoxy groups -OCH3 is 1. The lowest BCUT2D eigenvalue weighted by molar-refractivity contribution is 0.414. The Balaban J connectivity index is 0.00000208. The smallest absolute Gasteiger partial charge is 0.146 e. The number of nitrogens with one attached hydrogen (secondary N) is 1. The summed E-state index contributed by atoms with van der Waals surface area (Å²) >= 11 is 5.83. The fraction of sp³-hybridized carbons (Fsp3) is 0.176. The van der Waals surface area contributed by atoms with E-state index in [-0.39, 0.29) is 24.1 Å². The van der Waals surface area contributed by atoms with Crippen molar-refractivity contribution in [2.24, 2.45) is 0 Å². The van der Waals surface area contributed by atoms with Crippen LogP contribution in [0.3, 0.4) is 0 Å². The molecule has 1 aromatic heterocycles. The van der Waals surface area contributed by atoms with Crippen LogP contribution in [0.15, 0.2) is 42.5 Å². The molecule has 1 N–H and O–H groups in total. The second-order valence-corrected chi connectivity index (χ2v) is 5.22. The molecule has 0 fully saturated rings. The molecule has 126 valence electrons. The predicted octanol–water partition coefficient (Wildman–Crippen LogP) is 4.55. The monoisotopic (exact) mass is 367 g/mol. The van der Waals surface area contributed by atoms with Gasteiger partial charge in [-0.05, 0) is 29.8 Å². The van der Waals surface area contributed by atoms with Gasteiger partial charge in [0.25, 0.3) is 0 Å². The molecule has 0 atom stereocenters. The summed E-state index contributed by atoms with van der Waals surface area (Å²) in [6.07, 6.45) is 0. The SMILES string of the molecule is COc1ccc(CNc2nc(CCl)nc3cccc(F)c23)cc1.Cl. The number of anilines is 1. The Hall–Kier alpha value is -2.11. The second-order valence-electron chi connectivity index (χ2n) is 4.96. The third kappa shape index (κ3) is 3.86. The van der Waals surface area contributed by atoms with Crippen LogP contribution in [0.4, 0.5) is 10.2 Å². The van der Waals surface area contributed by atoms with Gasteiger partial charge in [-0.25, -0.2) is 14.4 Å². The topological polar surface area (TPSA) is 47.0 Å². The molecular formula is C17H16Cl2FN3O. The zero-order chi connectivity index (χ0) is 16.2. The van der Waals surface area contributed by atoms with Crippen LogP contribution in [0.5, 0.6) is 5.75 Å². The Labute approximate surface area is 150 Å². The lowest BCUT2D eigenvalue weighted by Gasteiger charge is -2.11. The van der Waals surface area contributed by atoms with E-state index >= 15 is 0 Å². The molecule has 3 rings (SSSR count). The van der Waals surface area contributed by atoms with Crippen LogP contribution in [0.1, 0.15) is 11.4 Å². The van der Waals surface area contributed by atoms with Crippen molar-refractivity contribution in [1.29, 1.82) is 0 Å². The van der Waals surface area contributed by atoms with Crippen molar-refractivity contribution in [3.8, 4) is 5.75 Å². The largest absolute Gasteiger partial charge is 0.497 e. The average molecular weight is 368 g/mol. The van der Waals surface area contributed by atoms with E-state index in [2.05, 4.69) is 15.3 Å². The predicted molar refractivity (Wildman–Crippen MR) is 96.6 cm³/mol. The van der Waals surface area contributed by atoms with Gasteiger partial charge in [0.1, 0.15) is 23.2 Å². The molecule has 7 heteroatoms. The van der Waals surface area contributed by atoms with Gasteiger partial charge in [-0.15, -0.1) is 24.0 Å². The molecule has 24 heavy (non-hydrogen) atoms. The maximum absolute atomic E-state index is 14.1. The molecule has 0 unspecified atom stereocenters. The summed E-state index contributed by atoms with van der Waals surface area (Å²) in [6, 6.07) is 12.4. The number of hydrogen-bond donors (Lipinski definition) is 1. The van der Waals surface area contributed by atoms with Crippen molar-refractivity contribution in [2.45, 2.75) is 12.4 Å². The van der Waals surface area contributed by atoms with Gasteiger partial charge in [-0.3, -0.25) is 0 Å². The lowest BCUT2D eigenvalue weighted by Crippen LogP contribution is -2.06. The second kappa shape index (κ2) is 8.13. The lowest BCUT2D eigenvalue weighted by atomic mass is 10.2. The molecule has 0 aliphatic carbocycles. The first-order chi connectivity index (χ1) is 11.2. The van der Waals surface area contributed by atoms with Crippen molar-refractivity contribution < 1.29 is 9.13 Å². The first-order valence-corrected chi connectivity index (χ1v) is 7.62. The highest BCUT2D eigenvalue weighted by Gasteiger charge is 2.11. The van der Waals surface area contributed by atoms with Crippen molar-refractivity contribution in [3.05, 3.63) is 59.7 Å². The van der Waals surface area contributed by atoms with Crippen LogP contribution >= 0.6 is 24.0 Å². The van der Waals surface area contributed by atoms with Crippen molar-refractivity contribution in [3.63, 3.8) is 0 Å². The highest BCUT2D eigenvalue weighted by atomic mass is 35.5. The summed E-state index contributed by atoms with van der Waals surface area (Å²) < 4.78 is 19.3. The van der Waals surface area contributed by atoms with E-state index in [0.29, 0.717) is 29.1 Å². The minimum absolute atomic E-state index is 0. The highest BCUT2D eigenvalue weighted by Crippen LogP contribution is 2.24. The first-order valence-electron chi connectivity index (χ1n) is 7.09. The zero-order valence-electron chi connectivity index (χ0n) is 12.9. The molecule has 0 bridgehead atoms. The number of aromatic nitrogens is 2. The van der Waals surface area contributed by atoms with Gasteiger partial charge in [-0.2, -0.15) is 0 Å². The summed E-state index contributed by atoms with van der Waals surface area (Å²) in [6.45, 7) is 0.506. The van der Waals surface area contributed by atoms with Gasteiger partial charge in [-0.1, -0.05) is 18.2 Å². The van der Waals surface area contributed by atoms with Crippen LogP contribution < -0.4 is 10.1 Å². The third-order valence-electron chi connectivity index (χ3n) is 3.46. The molecule has 3 aromatic rings. The van der Waals surface area contributed by atoms with Gasteiger partial charge in [0.2, 0.25) is 0 Å². The Morgan fingerprint density at radius 1 is 1.12 bits per heavy atom. The maximum Gasteiger partial charge on any atom is 0.146 e. The molecule has 0 aliphatic rings. The Kier molecular flexibility index (Phi) is 6.17. The van der Waals surface area contributed by atoms with E-state index in [4.69, 9.17) is 16.3 Å². The van der Waals surface area contributed by atoms with Crippen LogP contribution in [0.25, 0.3) is 10.9 Å². The number of nitrogens with zero attached hydrogens (tertiary/aromatic N) is 2. The molecule has 0 radical (unpaired) electrons. The molecule has 0 saturated heterocycles. The van der Waals surface area contributed by atoms with E-state index in [1.165, 1.54) is 6.07 Å². The summed E-state index contributed by atoms with van der Waals surface area (Å²) in [7, 11) is 1.62. The van der Waals surface area contributed by atoms with E-state index in [1.54, 1.807) is 19.2 Å². The molecule has 0 saturated carbocycles. The van der Waals surface area contributed by atoms with Gasteiger partial charge >= 0.3 is 0 Å². The number of alkyl halides is 1. The first kappa shape index (κ1) is 18.2. The average Bonchev–Trinajstić information content (AvgIpc) is 2.60. The minimum atomic E-state index is -0.360. The third-order valence-corrected chi connectivity index (χ3v) is 3.70. The summed E-state index contributed by atoms with van der Waals surface area (Å²) in [5.41, 5.74) is 1.56. The number of halogens is 3. The van der Waals surface area contributed by atoms with Crippen LogP contribution in [-0.2, 0) is 12.4 Å². The molecule has 0 aliphatic heterocycles. The van der Waals surface area contributed by atoms with Gasteiger partial charge in [0.05, 0.1) is 23.9 Å². The standard InChI is InChI=1S/C17H15ClFN3O.ClH/c1-23-12-7-5-11(6-8-12)10-20-17-16-13(19)3-2-4-14(16)21-15(9-18)22-17;/h2-8H,9-10H2,1H3,(H,20,21,22);1H. The number of rotatable bonds is 5. The van der Waals surface area contributed by atoms with Crippen molar-refractivity contribution in [1.82, 2.24) is 9.97 Å². The molecule has 0 spiro atoms. The molecule has 2 aromatic carbocycles. The Bertz CT molecular complexity index is 828. The minimum Gasteiger partial charge on any atom is -0.497 e. The number of hydrogen-bond acceptors (Lipinski definition) is 4. The van der Waals surface area contributed by atoms with Crippen molar-refractivity contribution >= 4 is 40.7 Å². The Morgan fingerprint density at radius 3 is 2.54 bits per heavy atom. The van der Waals surface area contributed by atoms with E-state index in [1.807, 2.05) is 24.3 Å². The molecular weight excluding hydrogens is 352 g/mol. The number of fused-ring (bicyclic) bond motifs is 1. The van der Waals surface area contributed by atoms with Gasteiger partial charge in [0, 0.05) is 6.54 Å². The van der Waals surface area contributed by atoms with Crippen LogP contribution in [-0.4, -0.2) is 17.1 Å². The number of ether oxygens (including phenoxy) is 1. The summed E-state index contributed by atoms with van der Waals surface area (Å²) in [5.74, 6) is 1.50. The number of benzene rings is 2. The fourth-order valence-corrected chi connectivity index (χ4v) is 2.43. The molecule has 0 amide bonds. The quantitative estimate of drug-likeness (QED) is 0.672. The summed E-state index contributed by atoms with van der Waals surface area (Å²) in [5, 5.41) is 3.54. The van der Waals surface area contributed by atoms with Crippen molar-refractivity contribution in [2.75, 3.05) is 12.4 Å².